The molecule has 2 aromatic carbocycles. The fourth-order valence-electron chi connectivity index (χ4n) is 1.99. The average molecular weight is 317 g/mol. The topological polar surface area (TPSA) is 29.1 Å². The molecule has 0 aliphatic rings. The van der Waals surface area contributed by atoms with E-state index < -0.39 is 0 Å². The fourth-order valence-corrected chi connectivity index (χ4v) is 2.78. The first-order valence-electron chi connectivity index (χ1n) is 7.26. The lowest BCUT2D eigenvalue weighted by atomic mass is 10.0. The smallest absolute Gasteiger partial charge is 0.234 e. The van der Waals surface area contributed by atoms with E-state index in [1.165, 1.54) is 29.5 Å². The summed E-state index contributed by atoms with van der Waals surface area (Å²) in [4.78, 5) is 11.9. The van der Waals surface area contributed by atoms with E-state index in [-0.39, 0.29) is 11.7 Å². The van der Waals surface area contributed by atoms with Crippen molar-refractivity contribution in [2.75, 3.05) is 11.1 Å². The number of thioether (sulfide) groups is 1. The van der Waals surface area contributed by atoms with Crippen molar-refractivity contribution in [2.45, 2.75) is 25.5 Å². The number of amides is 1. The molecule has 0 aromatic heterocycles. The lowest BCUT2D eigenvalue weighted by molar-refractivity contribution is -0.113. The van der Waals surface area contributed by atoms with E-state index >= 15 is 0 Å². The molecular weight excluding hydrogens is 297 g/mol. The minimum atomic E-state index is -0.240. The summed E-state index contributed by atoms with van der Waals surface area (Å²) < 4.78 is 12.8. The molecule has 2 nitrogen and oxygen atoms in total. The summed E-state index contributed by atoms with van der Waals surface area (Å²) in [6, 6.07) is 14.3. The van der Waals surface area contributed by atoms with E-state index in [0.29, 0.717) is 17.4 Å². The van der Waals surface area contributed by atoms with Crippen LogP contribution in [0.15, 0.2) is 48.5 Å². The van der Waals surface area contributed by atoms with Crippen molar-refractivity contribution < 1.29 is 9.18 Å². The van der Waals surface area contributed by atoms with Crippen molar-refractivity contribution in [3.05, 3.63) is 65.5 Å². The number of anilines is 1. The molecule has 0 heterocycles. The van der Waals surface area contributed by atoms with Crippen LogP contribution in [0, 0.1) is 5.82 Å². The second-order valence-corrected chi connectivity index (χ2v) is 6.43. The van der Waals surface area contributed by atoms with Gasteiger partial charge in [0.1, 0.15) is 5.82 Å². The van der Waals surface area contributed by atoms with Crippen molar-refractivity contribution >= 4 is 23.4 Å². The van der Waals surface area contributed by atoms with Gasteiger partial charge in [0.2, 0.25) is 5.91 Å². The van der Waals surface area contributed by atoms with Crippen LogP contribution in [0.1, 0.15) is 30.9 Å². The fraction of sp³-hybridized carbons (Fsp3) is 0.278. The molecule has 2 aromatic rings. The van der Waals surface area contributed by atoms with Crippen LogP contribution in [-0.4, -0.2) is 11.7 Å². The van der Waals surface area contributed by atoms with Crippen LogP contribution in [0.25, 0.3) is 0 Å². The first-order chi connectivity index (χ1) is 10.5. The van der Waals surface area contributed by atoms with Gasteiger partial charge in [-0.15, -0.1) is 11.8 Å². The zero-order chi connectivity index (χ0) is 15.9. The van der Waals surface area contributed by atoms with Crippen molar-refractivity contribution in [3.8, 4) is 0 Å². The van der Waals surface area contributed by atoms with Crippen LogP contribution >= 0.6 is 11.8 Å². The lowest BCUT2D eigenvalue weighted by Crippen LogP contribution is -2.14. The van der Waals surface area contributed by atoms with Gasteiger partial charge in [-0.1, -0.05) is 38.1 Å². The molecular formula is C18H20FNOS. The van der Waals surface area contributed by atoms with Gasteiger partial charge < -0.3 is 5.32 Å². The van der Waals surface area contributed by atoms with Gasteiger partial charge in [0.15, 0.2) is 0 Å². The molecule has 0 bridgehead atoms. The highest BCUT2D eigenvalue weighted by atomic mass is 32.2. The number of halogens is 1. The van der Waals surface area contributed by atoms with E-state index in [2.05, 4.69) is 19.2 Å². The molecule has 0 fully saturated rings. The SMILES string of the molecule is CC(C)c1ccc(NC(=O)CSCc2ccc(F)cc2)cc1. The largest absolute Gasteiger partial charge is 0.325 e. The lowest BCUT2D eigenvalue weighted by Gasteiger charge is -2.08. The number of benzene rings is 2. The highest BCUT2D eigenvalue weighted by molar-refractivity contribution is 7.99. The highest BCUT2D eigenvalue weighted by Gasteiger charge is 2.04. The molecule has 0 unspecified atom stereocenters. The predicted molar refractivity (Wildman–Crippen MR) is 91.7 cm³/mol. The number of rotatable bonds is 6. The quantitative estimate of drug-likeness (QED) is 0.827. The van der Waals surface area contributed by atoms with E-state index in [0.717, 1.165) is 11.3 Å². The minimum absolute atomic E-state index is 0.0237. The normalized spacial score (nSPS) is 10.7. The van der Waals surface area contributed by atoms with Gasteiger partial charge in [0.05, 0.1) is 5.75 Å². The molecule has 1 amide bonds. The summed E-state index contributed by atoms with van der Waals surface area (Å²) in [6.07, 6.45) is 0. The number of hydrogen-bond donors (Lipinski definition) is 1. The first kappa shape index (κ1) is 16.6. The third-order valence-electron chi connectivity index (χ3n) is 3.28. The van der Waals surface area contributed by atoms with Crippen LogP contribution in [0.4, 0.5) is 10.1 Å². The van der Waals surface area contributed by atoms with Gasteiger partial charge in [-0.25, -0.2) is 4.39 Å². The molecule has 0 spiro atoms. The summed E-state index contributed by atoms with van der Waals surface area (Å²) in [7, 11) is 0. The minimum Gasteiger partial charge on any atom is -0.325 e. The Bertz CT molecular complexity index is 608. The third-order valence-corrected chi connectivity index (χ3v) is 4.28. The Labute approximate surface area is 135 Å². The van der Waals surface area contributed by atoms with Crippen LogP contribution in [0.3, 0.4) is 0 Å². The Morgan fingerprint density at radius 2 is 1.73 bits per heavy atom. The standard InChI is InChI=1S/C18H20FNOS/c1-13(2)15-5-9-17(10-6-15)20-18(21)12-22-11-14-3-7-16(19)8-4-14/h3-10,13H,11-12H2,1-2H3,(H,20,21). The van der Waals surface area contributed by atoms with E-state index in [1.807, 2.05) is 24.3 Å². The Kier molecular flexibility index (Phi) is 6.01. The Hall–Kier alpha value is -1.81. The molecule has 116 valence electrons. The molecule has 22 heavy (non-hydrogen) atoms. The van der Waals surface area contributed by atoms with E-state index in [9.17, 15) is 9.18 Å². The van der Waals surface area contributed by atoms with E-state index in [4.69, 9.17) is 0 Å². The second-order valence-electron chi connectivity index (χ2n) is 5.44. The summed E-state index contributed by atoms with van der Waals surface area (Å²) in [5.41, 5.74) is 3.08. The molecule has 1 N–H and O–H groups in total. The molecule has 4 heteroatoms. The van der Waals surface area contributed by atoms with Crippen LogP contribution in [0.2, 0.25) is 0 Å². The number of carbonyl (C=O) groups excluding carboxylic acids is 1. The average Bonchev–Trinajstić information content (AvgIpc) is 2.50. The van der Waals surface area contributed by atoms with Gasteiger partial charge in [-0.2, -0.15) is 0 Å². The van der Waals surface area contributed by atoms with Crippen molar-refractivity contribution in [1.29, 1.82) is 0 Å². The van der Waals surface area contributed by atoms with Gasteiger partial charge >= 0.3 is 0 Å². The van der Waals surface area contributed by atoms with Crippen molar-refractivity contribution in [2.24, 2.45) is 0 Å². The second kappa shape index (κ2) is 7.99. The maximum absolute atomic E-state index is 12.8. The maximum Gasteiger partial charge on any atom is 0.234 e. The Morgan fingerprint density at radius 3 is 2.32 bits per heavy atom. The van der Waals surface area contributed by atoms with Crippen LogP contribution < -0.4 is 5.32 Å². The van der Waals surface area contributed by atoms with Crippen LogP contribution in [0.5, 0.6) is 0 Å². The molecule has 0 aliphatic heterocycles. The third kappa shape index (κ3) is 5.19. The van der Waals surface area contributed by atoms with E-state index in [1.54, 1.807) is 12.1 Å². The van der Waals surface area contributed by atoms with Gasteiger partial charge in [-0.05, 0) is 41.3 Å². The predicted octanol–water partition coefficient (Wildman–Crippen LogP) is 4.82. The summed E-state index contributed by atoms with van der Waals surface area (Å²) in [5.74, 6) is 1.29. The summed E-state index contributed by atoms with van der Waals surface area (Å²) in [5, 5.41) is 2.88. The molecule has 0 saturated carbocycles. The van der Waals surface area contributed by atoms with Crippen molar-refractivity contribution in [3.63, 3.8) is 0 Å². The van der Waals surface area contributed by atoms with Gasteiger partial charge in [0, 0.05) is 11.4 Å². The summed E-state index contributed by atoms with van der Waals surface area (Å²) >= 11 is 1.51. The zero-order valence-corrected chi connectivity index (χ0v) is 13.6. The van der Waals surface area contributed by atoms with Gasteiger partial charge in [0.25, 0.3) is 0 Å². The molecule has 0 saturated heterocycles. The number of hydrogen-bond acceptors (Lipinski definition) is 2. The molecule has 0 radical (unpaired) electrons. The monoisotopic (exact) mass is 317 g/mol. The Balaban J connectivity index is 1.76. The number of nitrogens with one attached hydrogen (secondary N) is 1. The molecule has 0 atom stereocenters. The molecule has 0 aliphatic carbocycles. The Morgan fingerprint density at radius 1 is 1.09 bits per heavy atom. The maximum atomic E-state index is 12.8. The highest BCUT2D eigenvalue weighted by Crippen LogP contribution is 2.18. The van der Waals surface area contributed by atoms with Crippen molar-refractivity contribution in [1.82, 2.24) is 0 Å². The first-order valence-corrected chi connectivity index (χ1v) is 8.42. The summed E-state index contributed by atoms with van der Waals surface area (Å²) in [6.45, 7) is 4.28. The molecule has 2 rings (SSSR count). The van der Waals surface area contributed by atoms with Gasteiger partial charge in [-0.3, -0.25) is 4.79 Å². The number of carbonyl (C=O) groups is 1. The van der Waals surface area contributed by atoms with Crippen LogP contribution in [-0.2, 0) is 10.5 Å². The zero-order valence-electron chi connectivity index (χ0n) is 12.8.